The minimum absolute atomic E-state index is 0.0429. The monoisotopic (exact) mass is 322 g/mol. The molecule has 0 radical (unpaired) electrons. The van der Waals surface area contributed by atoms with Gasteiger partial charge in [-0.1, -0.05) is 25.5 Å². The summed E-state index contributed by atoms with van der Waals surface area (Å²) in [5.74, 6) is -0.360. The van der Waals surface area contributed by atoms with Crippen LogP contribution in [0, 0.1) is 20.2 Å². The third-order valence-corrected chi connectivity index (χ3v) is 2.84. The fourth-order valence-corrected chi connectivity index (χ4v) is 1.66. The minimum Gasteiger partial charge on any atom is -0.363 e. The van der Waals surface area contributed by atoms with Crippen LogP contribution >= 0.6 is 0 Å². The Morgan fingerprint density at radius 2 is 1.96 bits per heavy atom. The smallest absolute Gasteiger partial charge is 0.289 e. The number of nitro benzene ring substituents is 1. The molecule has 0 atom stereocenters. The summed E-state index contributed by atoms with van der Waals surface area (Å²) in [6, 6.07) is 5.75. The number of benzene rings is 1. The predicted molar refractivity (Wildman–Crippen MR) is 85.3 cm³/mol. The topological polar surface area (TPSA) is 140 Å². The normalized spacial score (nSPS) is 11.6. The maximum atomic E-state index is 10.6. The molecule has 1 aromatic rings. The van der Waals surface area contributed by atoms with Crippen LogP contribution in [0.3, 0.4) is 0 Å². The molecule has 0 aliphatic rings. The van der Waals surface area contributed by atoms with Gasteiger partial charge < -0.3 is 5.73 Å². The van der Waals surface area contributed by atoms with E-state index in [2.05, 4.69) is 10.2 Å². The first-order valence-corrected chi connectivity index (χ1v) is 6.95. The quantitative estimate of drug-likeness (QED) is 0.255. The maximum Gasteiger partial charge on any atom is 0.289 e. The highest BCUT2D eigenvalue weighted by Crippen LogP contribution is 2.13. The van der Waals surface area contributed by atoms with E-state index in [1.807, 2.05) is 6.92 Å². The van der Waals surface area contributed by atoms with E-state index in [1.54, 1.807) is 6.21 Å². The number of nitro groups is 2. The molecule has 10 heteroatoms. The average molecular weight is 322 g/mol. The highest BCUT2D eigenvalue weighted by atomic mass is 16.7. The Bertz CT molecular complexity index is 599. The van der Waals surface area contributed by atoms with Crippen molar-refractivity contribution in [3.05, 3.63) is 50.1 Å². The van der Waals surface area contributed by atoms with Crippen molar-refractivity contribution >= 4 is 17.9 Å². The van der Waals surface area contributed by atoms with Crippen LogP contribution in [0.4, 0.5) is 5.69 Å². The summed E-state index contributed by atoms with van der Waals surface area (Å²) in [6.45, 7) is 2.15. The highest BCUT2D eigenvalue weighted by molar-refractivity contribution is 5.78. The summed E-state index contributed by atoms with van der Waals surface area (Å²) in [5.41, 5.74) is 6.19. The zero-order chi connectivity index (χ0) is 17.2. The molecule has 2 N–H and O–H groups in total. The van der Waals surface area contributed by atoms with E-state index in [-0.39, 0.29) is 18.2 Å². The Morgan fingerprint density at radius 3 is 2.48 bits per heavy atom. The van der Waals surface area contributed by atoms with E-state index < -0.39 is 9.96 Å². The summed E-state index contributed by atoms with van der Waals surface area (Å²) < 4.78 is 0. The lowest BCUT2D eigenvalue weighted by Gasteiger charge is -2.15. The van der Waals surface area contributed by atoms with Crippen molar-refractivity contribution in [3.8, 4) is 0 Å². The van der Waals surface area contributed by atoms with Gasteiger partial charge in [-0.15, -0.1) is 0 Å². The molecule has 0 saturated heterocycles. The van der Waals surface area contributed by atoms with Crippen molar-refractivity contribution in [2.45, 2.75) is 32.7 Å². The standard InChI is InChI=1S/C13H18N6O4/c1-2-3-4-9-15-17(13(14)16-19(22)23)10-11-5-7-12(8-6-11)18(20)21/h5-9H,2-4,10H2,1H3,(H2,14,16)/b15-9-. The summed E-state index contributed by atoms with van der Waals surface area (Å²) in [5, 5.41) is 28.5. The van der Waals surface area contributed by atoms with Gasteiger partial charge in [-0.2, -0.15) is 5.10 Å². The van der Waals surface area contributed by atoms with Gasteiger partial charge in [0.05, 0.1) is 11.5 Å². The molecule has 0 heterocycles. The second kappa shape index (κ2) is 9.07. The molecule has 0 aliphatic heterocycles. The second-order valence-corrected chi connectivity index (χ2v) is 4.62. The molecule has 0 aromatic heterocycles. The number of hydrogen-bond acceptors (Lipinski definition) is 5. The number of hydrazone groups is 2. The van der Waals surface area contributed by atoms with Crippen molar-refractivity contribution in [2.24, 2.45) is 15.9 Å². The Morgan fingerprint density at radius 1 is 1.30 bits per heavy atom. The largest absolute Gasteiger partial charge is 0.363 e. The van der Waals surface area contributed by atoms with Crippen LogP contribution in [0.1, 0.15) is 31.7 Å². The van der Waals surface area contributed by atoms with Crippen LogP contribution in [0.25, 0.3) is 0 Å². The third kappa shape index (κ3) is 6.50. The summed E-state index contributed by atoms with van der Waals surface area (Å²) in [7, 11) is 0. The predicted octanol–water partition coefficient (Wildman–Crippen LogP) is 2.08. The minimum atomic E-state index is -0.903. The first-order valence-electron chi connectivity index (χ1n) is 6.95. The van der Waals surface area contributed by atoms with Crippen LogP contribution in [-0.4, -0.2) is 27.1 Å². The van der Waals surface area contributed by atoms with Crippen molar-refractivity contribution in [1.29, 1.82) is 0 Å². The number of hydrogen-bond donors (Lipinski definition) is 1. The van der Waals surface area contributed by atoms with Gasteiger partial charge in [-0.25, -0.2) is 15.1 Å². The van der Waals surface area contributed by atoms with Crippen LogP contribution < -0.4 is 5.73 Å². The molecule has 0 bridgehead atoms. The van der Waals surface area contributed by atoms with Crippen molar-refractivity contribution < 1.29 is 9.96 Å². The first kappa shape index (κ1) is 18.0. The van der Waals surface area contributed by atoms with E-state index >= 15 is 0 Å². The fraction of sp³-hybridized carbons (Fsp3) is 0.385. The third-order valence-electron chi connectivity index (χ3n) is 2.84. The number of nitrogens with zero attached hydrogens (tertiary/aromatic N) is 5. The Labute approximate surface area is 132 Å². The fourth-order valence-electron chi connectivity index (χ4n) is 1.66. The number of unbranched alkanes of at least 4 members (excludes halogenated alkanes) is 2. The van der Waals surface area contributed by atoms with Gasteiger partial charge in [0.2, 0.25) is 0 Å². The van der Waals surface area contributed by atoms with E-state index in [4.69, 9.17) is 5.73 Å². The van der Waals surface area contributed by atoms with E-state index in [0.29, 0.717) is 12.0 Å². The van der Waals surface area contributed by atoms with Crippen LogP contribution in [0.15, 0.2) is 34.5 Å². The highest BCUT2D eigenvalue weighted by Gasteiger charge is 2.12. The zero-order valence-electron chi connectivity index (χ0n) is 12.7. The lowest BCUT2D eigenvalue weighted by atomic mass is 10.2. The lowest BCUT2D eigenvalue weighted by molar-refractivity contribution is -0.485. The first-order chi connectivity index (χ1) is 10.9. The SMILES string of the molecule is CCCC/C=N\N(Cc1ccc([N+](=O)[O-])cc1)/C(N)=N\[N+](=O)[O-]. The van der Waals surface area contributed by atoms with Crippen LogP contribution in [0.2, 0.25) is 0 Å². The summed E-state index contributed by atoms with van der Waals surface area (Å²) in [6.07, 6.45) is 4.24. The molecule has 0 saturated carbocycles. The molecule has 0 fully saturated rings. The van der Waals surface area contributed by atoms with Crippen molar-refractivity contribution in [3.63, 3.8) is 0 Å². The Hall–Kier alpha value is -3.04. The zero-order valence-corrected chi connectivity index (χ0v) is 12.7. The van der Waals surface area contributed by atoms with E-state index in [9.17, 15) is 20.2 Å². The van der Waals surface area contributed by atoms with E-state index in [1.165, 1.54) is 29.3 Å². The van der Waals surface area contributed by atoms with Gasteiger partial charge >= 0.3 is 0 Å². The number of rotatable bonds is 8. The van der Waals surface area contributed by atoms with Gasteiger partial charge in [0, 0.05) is 18.3 Å². The molecular formula is C13H18N6O4. The molecule has 1 rings (SSSR count). The summed E-state index contributed by atoms with van der Waals surface area (Å²) >= 11 is 0. The van der Waals surface area contributed by atoms with Crippen LogP contribution in [0.5, 0.6) is 0 Å². The molecule has 0 aliphatic carbocycles. The Balaban J connectivity index is 2.88. The maximum absolute atomic E-state index is 10.6. The number of non-ortho nitro benzene ring substituents is 1. The molecule has 0 amide bonds. The van der Waals surface area contributed by atoms with E-state index in [0.717, 1.165) is 12.8 Å². The average Bonchev–Trinajstić information content (AvgIpc) is 2.50. The number of nitrogens with two attached hydrogens (primary N) is 1. The van der Waals surface area contributed by atoms with Gasteiger partial charge in [-0.05, 0) is 18.4 Å². The molecule has 1 aromatic carbocycles. The number of guanidine groups is 1. The van der Waals surface area contributed by atoms with Crippen LogP contribution in [-0.2, 0) is 6.54 Å². The molecular weight excluding hydrogens is 304 g/mol. The van der Waals surface area contributed by atoms with Gasteiger partial charge in [-0.3, -0.25) is 10.1 Å². The van der Waals surface area contributed by atoms with Gasteiger partial charge in [0.15, 0.2) is 5.03 Å². The molecule has 0 spiro atoms. The van der Waals surface area contributed by atoms with Crippen molar-refractivity contribution in [1.82, 2.24) is 5.01 Å². The molecule has 124 valence electrons. The van der Waals surface area contributed by atoms with Crippen molar-refractivity contribution in [2.75, 3.05) is 0 Å². The second-order valence-electron chi connectivity index (χ2n) is 4.62. The van der Waals surface area contributed by atoms with Gasteiger partial charge in [0.25, 0.3) is 11.6 Å². The molecule has 23 heavy (non-hydrogen) atoms. The molecule has 0 unspecified atom stereocenters. The lowest BCUT2D eigenvalue weighted by Crippen LogP contribution is -2.33. The Kier molecular flexibility index (Phi) is 7.11. The summed E-state index contributed by atoms with van der Waals surface area (Å²) in [4.78, 5) is 20.6. The molecule has 10 nitrogen and oxygen atoms in total. The van der Waals surface area contributed by atoms with Gasteiger partial charge in [0.1, 0.15) is 5.10 Å².